The Morgan fingerprint density at radius 3 is 2.58 bits per heavy atom. The molecule has 31 heavy (non-hydrogen) atoms. The maximum atomic E-state index is 12.6. The molecule has 0 saturated carbocycles. The summed E-state index contributed by atoms with van der Waals surface area (Å²) in [5.74, 6) is -1.13. The van der Waals surface area contributed by atoms with Gasteiger partial charge in [0.25, 0.3) is 11.1 Å². The number of hydrogen-bond acceptors (Lipinski definition) is 7. The number of likely N-dealkylation sites (tertiary alicyclic amines) is 1. The van der Waals surface area contributed by atoms with E-state index in [-0.39, 0.29) is 22.9 Å². The smallest absolute Gasteiger partial charge is 0.294 e. The first kappa shape index (κ1) is 20.9. The Morgan fingerprint density at radius 1 is 1.16 bits per heavy atom. The van der Waals surface area contributed by atoms with E-state index in [9.17, 15) is 24.3 Å². The zero-order chi connectivity index (χ0) is 22.1. The van der Waals surface area contributed by atoms with E-state index >= 15 is 0 Å². The minimum absolute atomic E-state index is 0.0742. The highest BCUT2D eigenvalue weighted by atomic mass is 32.2. The van der Waals surface area contributed by atoms with Gasteiger partial charge in [-0.2, -0.15) is 0 Å². The van der Waals surface area contributed by atoms with Crippen molar-refractivity contribution in [3.8, 4) is 11.3 Å². The topological polar surface area (TPSA) is 111 Å². The number of imide groups is 1. The molecule has 2 aliphatic heterocycles. The van der Waals surface area contributed by atoms with Crippen LogP contribution in [0.15, 0.2) is 39.7 Å². The third kappa shape index (κ3) is 4.27. The van der Waals surface area contributed by atoms with Gasteiger partial charge < -0.3 is 19.2 Å². The number of benzene rings is 1. The molecule has 4 rings (SSSR count). The molecule has 0 aliphatic carbocycles. The largest absolute Gasteiger partial charge is 0.545 e. The van der Waals surface area contributed by atoms with Crippen molar-refractivity contribution in [3.63, 3.8) is 0 Å². The minimum atomic E-state index is -1.26. The molecule has 1 aromatic carbocycles. The fraction of sp³-hybridized carbons (Fsp3) is 0.273. The summed E-state index contributed by atoms with van der Waals surface area (Å²) in [5, 5.41) is 10.5. The Kier molecular flexibility index (Phi) is 5.69. The number of carbonyl (C=O) groups is 4. The van der Waals surface area contributed by atoms with Crippen LogP contribution >= 0.6 is 11.8 Å². The molecule has 3 amide bonds. The molecule has 0 atom stereocenters. The van der Waals surface area contributed by atoms with Crippen molar-refractivity contribution in [2.24, 2.45) is 0 Å². The second-order valence-electron chi connectivity index (χ2n) is 7.37. The van der Waals surface area contributed by atoms with E-state index in [2.05, 4.69) is 0 Å². The third-order valence-corrected chi connectivity index (χ3v) is 6.16. The predicted octanol–water partition coefficient (Wildman–Crippen LogP) is 2.28. The van der Waals surface area contributed by atoms with Crippen LogP contribution in [-0.4, -0.2) is 52.5 Å². The Balaban J connectivity index is 1.50. The number of nitrogens with zero attached hydrogens (tertiary/aromatic N) is 2. The highest BCUT2D eigenvalue weighted by molar-refractivity contribution is 8.18. The van der Waals surface area contributed by atoms with Gasteiger partial charge in [0.1, 0.15) is 18.1 Å². The monoisotopic (exact) mass is 439 g/mol. The summed E-state index contributed by atoms with van der Waals surface area (Å²) >= 11 is 0.770. The molecule has 1 aromatic heterocycles. The lowest BCUT2D eigenvalue weighted by molar-refractivity contribution is -0.255. The molecule has 2 aromatic rings. The number of hydrogen-bond donors (Lipinski definition) is 0. The third-order valence-electron chi connectivity index (χ3n) is 5.25. The van der Waals surface area contributed by atoms with E-state index in [1.165, 1.54) is 18.2 Å². The van der Waals surface area contributed by atoms with Crippen LogP contribution in [0.3, 0.4) is 0 Å². The van der Waals surface area contributed by atoms with Gasteiger partial charge in [0.15, 0.2) is 0 Å². The maximum absolute atomic E-state index is 12.6. The van der Waals surface area contributed by atoms with Gasteiger partial charge in [0.2, 0.25) is 5.91 Å². The molecule has 0 N–H and O–H groups in total. The number of amides is 3. The van der Waals surface area contributed by atoms with E-state index in [0.29, 0.717) is 35.7 Å². The van der Waals surface area contributed by atoms with Gasteiger partial charge in [-0.3, -0.25) is 19.3 Å². The summed E-state index contributed by atoms with van der Waals surface area (Å²) in [5.41, 5.74) is 1.47. The lowest BCUT2D eigenvalue weighted by Gasteiger charge is -2.18. The van der Waals surface area contributed by atoms with Gasteiger partial charge in [0, 0.05) is 24.7 Å². The van der Waals surface area contributed by atoms with Crippen LogP contribution in [-0.2, 0) is 9.59 Å². The van der Waals surface area contributed by atoms with Crippen molar-refractivity contribution in [2.45, 2.75) is 19.8 Å². The van der Waals surface area contributed by atoms with Crippen molar-refractivity contribution in [3.05, 3.63) is 52.1 Å². The van der Waals surface area contributed by atoms with E-state index in [4.69, 9.17) is 4.42 Å². The molecule has 8 nitrogen and oxygen atoms in total. The molecule has 2 aliphatic rings. The number of carboxylic acid groups (broad SMARTS) is 1. The van der Waals surface area contributed by atoms with Gasteiger partial charge in [0.05, 0.1) is 10.9 Å². The first-order valence-corrected chi connectivity index (χ1v) is 10.6. The highest BCUT2D eigenvalue weighted by Gasteiger charge is 2.37. The van der Waals surface area contributed by atoms with Gasteiger partial charge in [-0.15, -0.1) is 0 Å². The number of aromatic carboxylic acids is 1. The summed E-state index contributed by atoms with van der Waals surface area (Å²) in [7, 11) is 0. The van der Waals surface area contributed by atoms with Crippen LogP contribution < -0.4 is 5.11 Å². The lowest BCUT2D eigenvalue weighted by atomic mass is 10.0. The standard InChI is InChI=1S/C22H20N2O6S/c1-13-10-14(21(27)28)4-6-16(13)17-7-5-15(30-17)11-18-20(26)24(22(29)31-18)12-19(25)23-8-2-3-9-23/h4-7,10-11H,2-3,8-9,12H2,1H3,(H,27,28)/p-1/b18-11-. The summed E-state index contributed by atoms with van der Waals surface area (Å²) in [6, 6.07) is 7.91. The van der Waals surface area contributed by atoms with Crippen LogP contribution in [0.25, 0.3) is 17.4 Å². The van der Waals surface area contributed by atoms with Crippen molar-refractivity contribution in [1.82, 2.24) is 9.80 Å². The second kappa shape index (κ2) is 8.43. The van der Waals surface area contributed by atoms with E-state index in [1.54, 1.807) is 30.0 Å². The fourth-order valence-corrected chi connectivity index (χ4v) is 4.43. The number of thioether (sulfide) groups is 1. The Hall–Kier alpha value is -3.33. The first-order chi connectivity index (χ1) is 14.8. The molecular weight excluding hydrogens is 420 g/mol. The van der Waals surface area contributed by atoms with Crippen molar-refractivity contribution in [1.29, 1.82) is 0 Å². The molecule has 160 valence electrons. The SMILES string of the molecule is Cc1cc(C(=O)[O-])ccc1-c1ccc(/C=C2\SC(=O)N(CC(=O)N3CCCC3)C2=O)o1. The fourth-order valence-electron chi connectivity index (χ4n) is 3.61. The maximum Gasteiger partial charge on any atom is 0.294 e. The number of carbonyl (C=O) groups excluding carboxylic acids is 4. The summed E-state index contributed by atoms with van der Waals surface area (Å²) in [4.78, 5) is 51.0. The van der Waals surface area contributed by atoms with Gasteiger partial charge >= 0.3 is 0 Å². The average molecular weight is 439 g/mol. The van der Waals surface area contributed by atoms with E-state index in [1.807, 2.05) is 0 Å². The molecule has 0 radical (unpaired) electrons. The number of furan rings is 1. The molecule has 3 heterocycles. The quantitative estimate of drug-likeness (QED) is 0.657. The van der Waals surface area contributed by atoms with Crippen LogP contribution in [0.2, 0.25) is 0 Å². The zero-order valence-electron chi connectivity index (χ0n) is 16.8. The Morgan fingerprint density at radius 2 is 1.90 bits per heavy atom. The van der Waals surface area contributed by atoms with Crippen LogP contribution in [0.4, 0.5) is 4.79 Å². The summed E-state index contributed by atoms with van der Waals surface area (Å²) in [6.07, 6.45) is 3.34. The number of rotatable bonds is 5. The minimum Gasteiger partial charge on any atom is -0.545 e. The molecular formula is C22H19N2O6S-. The normalized spacial score (nSPS) is 17.8. The van der Waals surface area contributed by atoms with Crippen molar-refractivity contribution >= 4 is 40.9 Å². The van der Waals surface area contributed by atoms with Crippen LogP contribution in [0, 0.1) is 6.92 Å². The zero-order valence-corrected chi connectivity index (χ0v) is 17.6. The van der Waals surface area contributed by atoms with Crippen molar-refractivity contribution < 1.29 is 28.7 Å². The molecule has 2 fully saturated rings. The molecule has 0 spiro atoms. The lowest BCUT2D eigenvalue weighted by Crippen LogP contribution is -2.40. The van der Waals surface area contributed by atoms with Crippen molar-refractivity contribution in [2.75, 3.05) is 19.6 Å². The van der Waals surface area contributed by atoms with E-state index in [0.717, 1.165) is 29.5 Å². The summed E-state index contributed by atoms with van der Waals surface area (Å²) in [6.45, 7) is 2.81. The Labute approximate surface area is 182 Å². The molecule has 2 saturated heterocycles. The van der Waals surface area contributed by atoms with Crippen LogP contribution in [0.5, 0.6) is 0 Å². The molecule has 9 heteroatoms. The Bertz CT molecular complexity index is 1110. The molecule has 0 bridgehead atoms. The van der Waals surface area contributed by atoms with Gasteiger partial charge in [-0.05, 0) is 60.9 Å². The number of aryl methyl sites for hydroxylation is 1. The predicted molar refractivity (Wildman–Crippen MR) is 112 cm³/mol. The second-order valence-corrected chi connectivity index (χ2v) is 8.37. The van der Waals surface area contributed by atoms with E-state index < -0.39 is 17.1 Å². The van der Waals surface area contributed by atoms with Crippen LogP contribution in [0.1, 0.15) is 34.5 Å². The first-order valence-electron chi connectivity index (χ1n) is 9.79. The summed E-state index contributed by atoms with van der Waals surface area (Å²) < 4.78 is 5.78. The highest BCUT2D eigenvalue weighted by Crippen LogP contribution is 2.34. The average Bonchev–Trinajstić information content (AvgIpc) is 3.47. The number of carboxylic acids is 1. The van der Waals surface area contributed by atoms with Gasteiger partial charge in [-0.25, -0.2) is 0 Å². The van der Waals surface area contributed by atoms with Gasteiger partial charge in [-0.1, -0.05) is 12.1 Å². The molecule has 0 unspecified atom stereocenters.